The van der Waals surface area contributed by atoms with Gasteiger partial charge in [-0.25, -0.2) is 0 Å². The van der Waals surface area contributed by atoms with Gasteiger partial charge in [0.05, 0.1) is 0 Å². The average molecular weight is 261 g/mol. The molecular formula is C16H23NS. The lowest BCUT2D eigenvalue weighted by atomic mass is 10.1. The van der Waals surface area contributed by atoms with Crippen LogP contribution in [-0.2, 0) is 0 Å². The Morgan fingerprint density at radius 3 is 2.67 bits per heavy atom. The van der Waals surface area contributed by atoms with Gasteiger partial charge in [0, 0.05) is 15.6 Å². The monoisotopic (exact) mass is 261 g/mol. The highest BCUT2D eigenvalue weighted by molar-refractivity contribution is 7.19. The number of hydrogen-bond donors (Lipinski definition) is 1. The van der Waals surface area contributed by atoms with E-state index in [0.29, 0.717) is 6.04 Å². The first-order chi connectivity index (χ1) is 8.66. The van der Waals surface area contributed by atoms with E-state index in [2.05, 4.69) is 56.4 Å². The molecule has 1 nitrogen and oxygen atoms in total. The van der Waals surface area contributed by atoms with Crippen LogP contribution in [0.2, 0.25) is 0 Å². The maximum Gasteiger partial charge on any atom is 0.0386 e. The van der Waals surface area contributed by atoms with Crippen LogP contribution in [0.1, 0.15) is 44.5 Å². The smallest absolute Gasteiger partial charge is 0.0386 e. The maximum absolute atomic E-state index is 3.63. The summed E-state index contributed by atoms with van der Waals surface area (Å²) in [6.45, 7) is 7.96. The summed E-state index contributed by atoms with van der Waals surface area (Å²) in [5.41, 5.74) is 0. The van der Waals surface area contributed by atoms with Crippen molar-refractivity contribution in [1.82, 2.24) is 5.32 Å². The molecule has 1 atom stereocenters. The number of thiophene rings is 1. The number of hydrogen-bond acceptors (Lipinski definition) is 2. The first kappa shape index (κ1) is 13.6. The molecule has 0 radical (unpaired) electrons. The highest BCUT2D eigenvalue weighted by Crippen LogP contribution is 2.29. The summed E-state index contributed by atoms with van der Waals surface area (Å²) in [6, 6.07) is 11.4. The Labute approximate surface area is 114 Å². The fourth-order valence-corrected chi connectivity index (χ4v) is 3.24. The molecule has 98 valence electrons. The van der Waals surface area contributed by atoms with E-state index in [4.69, 9.17) is 0 Å². The highest BCUT2D eigenvalue weighted by atomic mass is 32.1. The van der Waals surface area contributed by atoms with Gasteiger partial charge < -0.3 is 5.32 Å². The fraction of sp³-hybridized carbons (Fsp3) is 0.500. The standard InChI is InChI=1S/C16H23NS/c1-12(2)7-6-10-17-13(3)16-11-14-8-4-5-9-15(14)18-16/h4-5,8-9,11-13,17H,6-7,10H2,1-3H3. The topological polar surface area (TPSA) is 12.0 Å². The second-order valence-electron chi connectivity index (χ2n) is 5.40. The Kier molecular flexibility index (Phi) is 4.79. The summed E-state index contributed by atoms with van der Waals surface area (Å²) in [4.78, 5) is 1.45. The first-order valence-corrected chi connectivity index (χ1v) is 7.70. The molecule has 0 amide bonds. The number of fused-ring (bicyclic) bond motifs is 1. The van der Waals surface area contributed by atoms with Gasteiger partial charge in [0.25, 0.3) is 0 Å². The molecular weight excluding hydrogens is 238 g/mol. The molecule has 1 heterocycles. The van der Waals surface area contributed by atoms with Crippen LogP contribution in [0.3, 0.4) is 0 Å². The maximum atomic E-state index is 3.63. The van der Waals surface area contributed by atoms with E-state index < -0.39 is 0 Å². The number of nitrogens with one attached hydrogen (secondary N) is 1. The zero-order chi connectivity index (χ0) is 13.0. The third kappa shape index (κ3) is 3.56. The van der Waals surface area contributed by atoms with E-state index in [9.17, 15) is 0 Å². The van der Waals surface area contributed by atoms with E-state index in [1.165, 1.54) is 27.8 Å². The number of rotatable bonds is 6. The minimum Gasteiger partial charge on any atom is -0.309 e. The third-order valence-electron chi connectivity index (χ3n) is 3.28. The highest BCUT2D eigenvalue weighted by Gasteiger charge is 2.08. The van der Waals surface area contributed by atoms with Gasteiger partial charge in [0.15, 0.2) is 0 Å². The lowest BCUT2D eigenvalue weighted by molar-refractivity contribution is 0.500. The minimum absolute atomic E-state index is 0.467. The Morgan fingerprint density at radius 2 is 1.94 bits per heavy atom. The molecule has 0 saturated carbocycles. The van der Waals surface area contributed by atoms with E-state index in [1.807, 2.05) is 11.3 Å². The van der Waals surface area contributed by atoms with Crippen molar-refractivity contribution in [3.63, 3.8) is 0 Å². The van der Waals surface area contributed by atoms with Crippen molar-refractivity contribution in [2.45, 2.75) is 39.7 Å². The lowest BCUT2D eigenvalue weighted by Gasteiger charge is -2.12. The molecule has 18 heavy (non-hydrogen) atoms. The predicted octanol–water partition coefficient (Wildman–Crippen LogP) is 4.99. The predicted molar refractivity (Wildman–Crippen MR) is 82.3 cm³/mol. The van der Waals surface area contributed by atoms with Crippen LogP contribution in [0.4, 0.5) is 0 Å². The van der Waals surface area contributed by atoms with Gasteiger partial charge in [-0.3, -0.25) is 0 Å². The summed E-state index contributed by atoms with van der Waals surface area (Å²) >= 11 is 1.91. The second kappa shape index (κ2) is 6.35. The van der Waals surface area contributed by atoms with Gasteiger partial charge in [-0.15, -0.1) is 11.3 Å². The normalized spacial score (nSPS) is 13.3. The summed E-state index contributed by atoms with van der Waals surface area (Å²) in [7, 11) is 0. The Bertz CT molecular complexity index is 454. The molecule has 1 aromatic heterocycles. The van der Waals surface area contributed by atoms with Crippen molar-refractivity contribution in [3.8, 4) is 0 Å². The van der Waals surface area contributed by atoms with E-state index in [0.717, 1.165) is 12.5 Å². The van der Waals surface area contributed by atoms with Crippen molar-refractivity contribution < 1.29 is 0 Å². The molecule has 2 heteroatoms. The lowest BCUT2D eigenvalue weighted by Crippen LogP contribution is -2.19. The second-order valence-corrected chi connectivity index (χ2v) is 6.51. The van der Waals surface area contributed by atoms with Gasteiger partial charge >= 0.3 is 0 Å². The molecule has 1 unspecified atom stereocenters. The molecule has 2 aromatic rings. The average Bonchev–Trinajstić information content (AvgIpc) is 2.78. The van der Waals surface area contributed by atoms with Crippen LogP contribution >= 0.6 is 11.3 Å². The molecule has 0 fully saturated rings. The molecule has 1 N–H and O–H groups in total. The minimum atomic E-state index is 0.467. The van der Waals surface area contributed by atoms with Crippen LogP contribution in [0.5, 0.6) is 0 Å². The van der Waals surface area contributed by atoms with Crippen molar-refractivity contribution in [1.29, 1.82) is 0 Å². The summed E-state index contributed by atoms with van der Waals surface area (Å²) < 4.78 is 1.39. The van der Waals surface area contributed by atoms with E-state index in [1.54, 1.807) is 0 Å². The summed E-state index contributed by atoms with van der Waals surface area (Å²) in [5, 5.41) is 4.99. The van der Waals surface area contributed by atoms with Crippen LogP contribution in [-0.4, -0.2) is 6.54 Å². The Balaban J connectivity index is 1.90. The molecule has 2 rings (SSSR count). The van der Waals surface area contributed by atoms with Gasteiger partial charge in [-0.05, 0) is 49.7 Å². The Morgan fingerprint density at radius 1 is 1.17 bits per heavy atom. The van der Waals surface area contributed by atoms with Crippen molar-refractivity contribution in [2.75, 3.05) is 6.54 Å². The summed E-state index contributed by atoms with van der Waals surface area (Å²) in [5.74, 6) is 0.812. The van der Waals surface area contributed by atoms with Gasteiger partial charge in [0.1, 0.15) is 0 Å². The molecule has 0 aliphatic carbocycles. The van der Waals surface area contributed by atoms with Crippen molar-refractivity contribution >= 4 is 21.4 Å². The largest absolute Gasteiger partial charge is 0.309 e. The fourth-order valence-electron chi connectivity index (χ4n) is 2.15. The van der Waals surface area contributed by atoms with Crippen molar-refractivity contribution in [3.05, 3.63) is 35.2 Å². The zero-order valence-electron chi connectivity index (χ0n) is 11.6. The first-order valence-electron chi connectivity index (χ1n) is 6.88. The van der Waals surface area contributed by atoms with Gasteiger partial charge in [0.2, 0.25) is 0 Å². The van der Waals surface area contributed by atoms with Crippen LogP contribution in [0, 0.1) is 5.92 Å². The summed E-state index contributed by atoms with van der Waals surface area (Å²) in [6.07, 6.45) is 2.58. The molecule has 0 saturated heterocycles. The molecule has 0 aliphatic heterocycles. The van der Waals surface area contributed by atoms with E-state index in [-0.39, 0.29) is 0 Å². The quantitative estimate of drug-likeness (QED) is 0.722. The Hall–Kier alpha value is -0.860. The molecule has 0 spiro atoms. The SMILES string of the molecule is CC(C)CCCNC(C)c1cc2ccccc2s1. The van der Waals surface area contributed by atoms with Crippen LogP contribution in [0.25, 0.3) is 10.1 Å². The number of benzene rings is 1. The molecule has 1 aromatic carbocycles. The zero-order valence-corrected chi connectivity index (χ0v) is 12.4. The third-order valence-corrected chi connectivity index (χ3v) is 4.58. The van der Waals surface area contributed by atoms with Crippen molar-refractivity contribution in [2.24, 2.45) is 5.92 Å². The van der Waals surface area contributed by atoms with Gasteiger partial charge in [-0.2, -0.15) is 0 Å². The van der Waals surface area contributed by atoms with Crippen LogP contribution < -0.4 is 5.32 Å². The van der Waals surface area contributed by atoms with Gasteiger partial charge in [-0.1, -0.05) is 32.0 Å². The van der Waals surface area contributed by atoms with E-state index >= 15 is 0 Å². The molecule has 0 bridgehead atoms. The van der Waals surface area contributed by atoms with Crippen LogP contribution in [0.15, 0.2) is 30.3 Å². The molecule has 0 aliphatic rings.